The molecule has 0 fully saturated rings. The maximum absolute atomic E-state index is 11.9. The number of amides is 1. The van der Waals surface area contributed by atoms with Crippen LogP contribution in [0.3, 0.4) is 0 Å². The number of hydrogen-bond donors (Lipinski definition) is 1. The van der Waals surface area contributed by atoms with E-state index in [9.17, 15) is 9.59 Å². The van der Waals surface area contributed by atoms with Gasteiger partial charge in [-0.05, 0) is 80.4 Å². The molecule has 2 aromatic rings. The Labute approximate surface area is 154 Å². The van der Waals surface area contributed by atoms with E-state index in [1.54, 1.807) is 6.07 Å². The molecule has 0 unspecified atom stereocenters. The van der Waals surface area contributed by atoms with Crippen molar-refractivity contribution in [1.82, 2.24) is 0 Å². The highest BCUT2D eigenvalue weighted by Gasteiger charge is 2.16. The number of carbonyl (C=O) groups is 2. The van der Waals surface area contributed by atoms with Crippen LogP contribution in [0.2, 0.25) is 0 Å². The van der Waals surface area contributed by atoms with Gasteiger partial charge in [0.05, 0.1) is 3.79 Å². The van der Waals surface area contributed by atoms with E-state index in [1.165, 1.54) is 22.5 Å². The lowest BCUT2D eigenvalue weighted by atomic mass is 10.1. The van der Waals surface area contributed by atoms with E-state index >= 15 is 0 Å². The van der Waals surface area contributed by atoms with E-state index in [0.29, 0.717) is 4.88 Å². The van der Waals surface area contributed by atoms with Crippen molar-refractivity contribution in [2.45, 2.75) is 19.3 Å². The number of hydrogen-bond acceptors (Lipinski definition) is 4. The third kappa shape index (κ3) is 4.02. The molecule has 7 heteroatoms. The summed E-state index contributed by atoms with van der Waals surface area (Å²) in [6.07, 6.45) is 3.32. The van der Waals surface area contributed by atoms with Gasteiger partial charge in [0.15, 0.2) is 6.61 Å². The number of benzene rings is 1. The molecule has 0 bridgehead atoms. The number of nitrogens with one attached hydrogen (secondary N) is 1. The zero-order valence-electron chi connectivity index (χ0n) is 12.0. The molecule has 0 radical (unpaired) electrons. The fourth-order valence-corrected chi connectivity index (χ4v) is 4.43. The summed E-state index contributed by atoms with van der Waals surface area (Å²) in [5.41, 5.74) is 3.38. The quantitative estimate of drug-likeness (QED) is 0.683. The summed E-state index contributed by atoms with van der Waals surface area (Å²) in [6.45, 7) is -0.303. The molecule has 0 aliphatic heterocycles. The molecule has 1 amide bonds. The van der Waals surface area contributed by atoms with Crippen molar-refractivity contribution in [2.24, 2.45) is 0 Å². The van der Waals surface area contributed by atoms with Crippen LogP contribution in [0, 0.1) is 0 Å². The van der Waals surface area contributed by atoms with Crippen molar-refractivity contribution in [1.29, 1.82) is 0 Å². The lowest BCUT2D eigenvalue weighted by Gasteiger charge is -2.08. The summed E-state index contributed by atoms with van der Waals surface area (Å²) in [6, 6.07) is 7.59. The normalized spacial score (nSPS) is 12.8. The van der Waals surface area contributed by atoms with E-state index in [1.807, 2.05) is 18.2 Å². The van der Waals surface area contributed by atoms with Gasteiger partial charge in [0, 0.05) is 10.2 Å². The van der Waals surface area contributed by atoms with Crippen molar-refractivity contribution < 1.29 is 14.3 Å². The first-order valence-electron chi connectivity index (χ1n) is 7.06. The number of thiophene rings is 1. The van der Waals surface area contributed by atoms with Gasteiger partial charge < -0.3 is 10.1 Å². The van der Waals surface area contributed by atoms with Gasteiger partial charge in [-0.2, -0.15) is 0 Å². The second-order valence-electron chi connectivity index (χ2n) is 5.19. The molecule has 23 heavy (non-hydrogen) atoms. The molecule has 1 aliphatic carbocycles. The Hall–Kier alpha value is -1.18. The van der Waals surface area contributed by atoms with Crippen LogP contribution in [0.15, 0.2) is 32.5 Å². The number of halogens is 2. The van der Waals surface area contributed by atoms with E-state index in [2.05, 4.69) is 37.2 Å². The molecule has 120 valence electrons. The monoisotopic (exact) mass is 457 g/mol. The Morgan fingerprint density at radius 3 is 2.70 bits per heavy atom. The van der Waals surface area contributed by atoms with Gasteiger partial charge in [0.1, 0.15) is 4.88 Å². The molecule has 1 aliphatic rings. The number of ether oxygens (including phenoxy) is 1. The summed E-state index contributed by atoms with van der Waals surface area (Å²) >= 11 is 7.88. The van der Waals surface area contributed by atoms with Gasteiger partial charge >= 0.3 is 5.97 Å². The zero-order valence-corrected chi connectivity index (χ0v) is 16.0. The van der Waals surface area contributed by atoms with Crippen LogP contribution in [0.25, 0.3) is 0 Å². The van der Waals surface area contributed by atoms with Gasteiger partial charge in [-0.25, -0.2) is 4.79 Å². The minimum Gasteiger partial charge on any atom is -0.451 e. The maximum Gasteiger partial charge on any atom is 0.348 e. The number of aryl methyl sites for hydroxylation is 2. The standard InChI is InChI=1S/C16H13Br2NO3S/c17-12-7-13(23-15(12)18)16(21)22-8-14(20)19-11-5-4-9-2-1-3-10(9)6-11/h4-7H,1-3,8H2,(H,19,20). The van der Waals surface area contributed by atoms with Gasteiger partial charge in [-0.3, -0.25) is 4.79 Å². The third-order valence-corrected chi connectivity index (χ3v) is 6.80. The van der Waals surface area contributed by atoms with Crippen molar-refractivity contribution in [3.05, 3.63) is 48.5 Å². The summed E-state index contributed by atoms with van der Waals surface area (Å²) in [4.78, 5) is 24.2. The molecule has 1 N–H and O–H groups in total. The Kier molecular flexibility index (Phi) is 5.18. The molecule has 1 aromatic heterocycles. The minimum atomic E-state index is -0.509. The molecule has 0 atom stereocenters. The smallest absolute Gasteiger partial charge is 0.348 e. The Morgan fingerprint density at radius 1 is 1.17 bits per heavy atom. The largest absolute Gasteiger partial charge is 0.451 e. The molecule has 0 saturated heterocycles. The number of anilines is 1. The highest BCUT2D eigenvalue weighted by atomic mass is 79.9. The highest BCUT2D eigenvalue weighted by molar-refractivity contribution is 9.13. The van der Waals surface area contributed by atoms with Crippen molar-refractivity contribution in [2.75, 3.05) is 11.9 Å². The molecular formula is C16H13Br2NO3S. The lowest BCUT2D eigenvalue weighted by Crippen LogP contribution is -2.20. The first-order chi connectivity index (χ1) is 11.0. The molecule has 1 heterocycles. The number of rotatable bonds is 4. The zero-order chi connectivity index (χ0) is 16.4. The second kappa shape index (κ2) is 7.15. The van der Waals surface area contributed by atoms with Crippen LogP contribution in [0.1, 0.15) is 27.2 Å². The van der Waals surface area contributed by atoms with E-state index in [0.717, 1.165) is 33.2 Å². The number of carbonyl (C=O) groups excluding carboxylic acids is 2. The van der Waals surface area contributed by atoms with Crippen molar-refractivity contribution >= 4 is 60.8 Å². The SMILES string of the molecule is O=C(COC(=O)c1cc(Br)c(Br)s1)Nc1ccc2c(c1)CCC2. The first-order valence-corrected chi connectivity index (χ1v) is 9.47. The summed E-state index contributed by atoms with van der Waals surface area (Å²) in [7, 11) is 0. The van der Waals surface area contributed by atoms with E-state index in [4.69, 9.17) is 4.74 Å². The molecule has 4 nitrogen and oxygen atoms in total. The summed E-state index contributed by atoms with van der Waals surface area (Å²) in [5, 5.41) is 2.76. The molecule has 3 rings (SSSR count). The van der Waals surface area contributed by atoms with Crippen LogP contribution in [-0.4, -0.2) is 18.5 Å². The van der Waals surface area contributed by atoms with Crippen LogP contribution in [0.5, 0.6) is 0 Å². The van der Waals surface area contributed by atoms with Gasteiger partial charge in [-0.1, -0.05) is 6.07 Å². The summed E-state index contributed by atoms with van der Waals surface area (Å²) in [5.74, 6) is -0.850. The third-order valence-electron chi connectivity index (χ3n) is 3.56. The molecule has 1 aromatic carbocycles. The topological polar surface area (TPSA) is 55.4 Å². The Balaban J connectivity index is 1.54. The van der Waals surface area contributed by atoms with Crippen LogP contribution < -0.4 is 5.32 Å². The predicted octanol–water partition coefficient (Wildman–Crippen LogP) is 4.56. The van der Waals surface area contributed by atoms with Gasteiger partial charge in [-0.15, -0.1) is 11.3 Å². The van der Waals surface area contributed by atoms with Crippen LogP contribution in [0.4, 0.5) is 5.69 Å². The molecular weight excluding hydrogens is 446 g/mol. The van der Waals surface area contributed by atoms with Crippen molar-refractivity contribution in [3.8, 4) is 0 Å². The number of esters is 1. The van der Waals surface area contributed by atoms with E-state index < -0.39 is 5.97 Å². The maximum atomic E-state index is 11.9. The van der Waals surface area contributed by atoms with Gasteiger partial charge in [0.25, 0.3) is 5.91 Å². The van der Waals surface area contributed by atoms with Crippen LogP contribution >= 0.6 is 43.2 Å². The first kappa shape index (κ1) is 16.7. The number of fused-ring (bicyclic) bond motifs is 1. The summed E-state index contributed by atoms with van der Waals surface area (Å²) < 4.78 is 6.64. The van der Waals surface area contributed by atoms with E-state index in [-0.39, 0.29) is 12.5 Å². The molecule has 0 saturated carbocycles. The lowest BCUT2D eigenvalue weighted by molar-refractivity contribution is -0.119. The fourth-order valence-electron chi connectivity index (χ4n) is 2.50. The highest BCUT2D eigenvalue weighted by Crippen LogP contribution is 2.32. The average molecular weight is 459 g/mol. The Morgan fingerprint density at radius 2 is 1.96 bits per heavy atom. The predicted molar refractivity (Wildman–Crippen MR) is 97.1 cm³/mol. The van der Waals surface area contributed by atoms with Crippen molar-refractivity contribution in [3.63, 3.8) is 0 Å². The molecule has 0 spiro atoms. The Bertz CT molecular complexity index is 753. The second-order valence-corrected chi connectivity index (χ2v) is 8.42. The van der Waals surface area contributed by atoms with Crippen LogP contribution in [-0.2, 0) is 22.4 Å². The minimum absolute atomic E-state index is 0.303. The van der Waals surface area contributed by atoms with Gasteiger partial charge in [0.2, 0.25) is 0 Å². The fraction of sp³-hybridized carbons (Fsp3) is 0.250. The average Bonchev–Trinajstić information content (AvgIpc) is 3.11.